The van der Waals surface area contributed by atoms with Crippen molar-refractivity contribution in [2.45, 2.75) is 40.0 Å². The summed E-state index contributed by atoms with van der Waals surface area (Å²) < 4.78 is 16.6. The molecule has 0 radical (unpaired) electrons. The van der Waals surface area contributed by atoms with Crippen LogP contribution in [0.25, 0.3) is 0 Å². The van der Waals surface area contributed by atoms with E-state index in [2.05, 4.69) is 46.8 Å². The fourth-order valence-electron chi connectivity index (χ4n) is 2.72. The zero-order valence-corrected chi connectivity index (χ0v) is 18.1. The van der Waals surface area contributed by atoms with Crippen molar-refractivity contribution in [3.05, 3.63) is 59.2 Å². The molecule has 0 aliphatic carbocycles. The molecule has 2 rings (SSSR count). The van der Waals surface area contributed by atoms with E-state index in [0.29, 0.717) is 26.3 Å². The van der Waals surface area contributed by atoms with Crippen LogP contribution in [-0.4, -0.2) is 39.4 Å². The fourth-order valence-corrected chi connectivity index (χ4v) is 2.72. The van der Waals surface area contributed by atoms with E-state index in [0.717, 1.165) is 34.1 Å². The summed E-state index contributed by atoms with van der Waals surface area (Å²) in [7, 11) is 3.43. The monoisotopic (exact) mass is 399 g/mol. The van der Waals surface area contributed by atoms with Crippen LogP contribution in [0, 0.1) is 6.92 Å². The van der Waals surface area contributed by atoms with Gasteiger partial charge in [0.25, 0.3) is 0 Å². The van der Waals surface area contributed by atoms with Gasteiger partial charge in [-0.3, -0.25) is 4.99 Å². The molecule has 2 N–H and O–H groups in total. The number of methoxy groups -OCH3 is 1. The second-order valence-corrected chi connectivity index (χ2v) is 7.04. The van der Waals surface area contributed by atoms with Crippen molar-refractivity contribution in [1.29, 1.82) is 0 Å². The summed E-state index contributed by atoms with van der Waals surface area (Å²) in [6.07, 6.45) is 0.173. The molecule has 0 saturated heterocycles. The molecule has 6 nitrogen and oxygen atoms in total. The maximum absolute atomic E-state index is 5.86. The number of ether oxygens (including phenoxy) is 3. The molecule has 0 saturated carbocycles. The molecular formula is C23H33N3O3. The van der Waals surface area contributed by atoms with E-state index in [4.69, 9.17) is 14.2 Å². The number of nitrogens with zero attached hydrogens (tertiary/aromatic N) is 1. The molecule has 0 fully saturated rings. The molecule has 0 spiro atoms. The van der Waals surface area contributed by atoms with Gasteiger partial charge in [-0.25, -0.2) is 0 Å². The highest BCUT2D eigenvalue weighted by Gasteiger charge is 2.06. The van der Waals surface area contributed by atoms with Gasteiger partial charge >= 0.3 is 0 Å². The molecule has 0 aliphatic rings. The second kappa shape index (κ2) is 12.0. The first-order chi connectivity index (χ1) is 14.0. The predicted octanol–water partition coefficient (Wildman–Crippen LogP) is 3.67. The Morgan fingerprint density at radius 1 is 1.00 bits per heavy atom. The van der Waals surface area contributed by atoms with Gasteiger partial charge in [-0.15, -0.1) is 0 Å². The third-order valence-corrected chi connectivity index (χ3v) is 4.19. The molecule has 0 atom stereocenters. The molecule has 158 valence electrons. The number of nitrogens with one attached hydrogen (secondary N) is 2. The largest absolute Gasteiger partial charge is 0.491 e. The van der Waals surface area contributed by atoms with Gasteiger partial charge in [0, 0.05) is 32.8 Å². The Kier molecular flexibility index (Phi) is 9.31. The van der Waals surface area contributed by atoms with Crippen molar-refractivity contribution >= 4 is 5.96 Å². The van der Waals surface area contributed by atoms with Gasteiger partial charge < -0.3 is 24.8 Å². The summed E-state index contributed by atoms with van der Waals surface area (Å²) in [5.41, 5.74) is 3.39. The molecule has 0 bridgehead atoms. The van der Waals surface area contributed by atoms with E-state index in [1.165, 1.54) is 0 Å². The molecule has 2 aromatic rings. The van der Waals surface area contributed by atoms with Gasteiger partial charge in [0.05, 0.1) is 12.7 Å². The van der Waals surface area contributed by atoms with Gasteiger partial charge in [-0.05, 0) is 50.1 Å². The minimum Gasteiger partial charge on any atom is -0.491 e. The predicted molar refractivity (Wildman–Crippen MR) is 118 cm³/mol. The van der Waals surface area contributed by atoms with Crippen LogP contribution in [0.1, 0.15) is 30.5 Å². The summed E-state index contributed by atoms with van der Waals surface area (Å²) in [5, 5.41) is 6.68. The average Bonchev–Trinajstić information content (AvgIpc) is 2.70. The smallest absolute Gasteiger partial charge is 0.191 e. The Hall–Kier alpha value is -2.73. The molecular weight excluding hydrogens is 366 g/mol. The zero-order chi connectivity index (χ0) is 21.1. The quantitative estimate of drug-likeness (QED) is 0.363. The molecule has 0 amide bonds. The first-order valence-electron chi connectivity index (χ1n) is 9.93. The number of hydrogen-bond acceptors (Lipinski definition) is 4. The lowest BCUT2D eigenvalue weighted by Gasteiger charge is -2.16. The Bertz CT molecular complexity index is 773. The summed E-state index contributed by atoms with van der Waals surface area (Å²) in [5.74, 6) is 2.48. The number of rotatable bonds is 10. The number of aryl methyl sites for hydroxylation is 1. The third kappa shape index (κ3) is 8.03. The van der Waals surface area contributed by atoms with Crippen LogP contribution >= 0.6 is 0 Å². The molecule has 0 unspecified atom stereocenters. The van der Waals surface area contributed by atoms with Gasteiger partial charge in [-0.1, -0.05) is 24.3 Å². The van der Waals surface area contributed by atoms with Crippen molar-refractivity contribution in [3.63, 3.8) is 0 Å². The van der Waals surface area contributed by atoms with Gasteiger partial charge in [-0.2, -0.15) is 0 Å². The summed E-state index contributed by atoms with van der Waals surface area (Å²) >= 11 is 0. The van der Waals surface area contributed by atoms with Crippen LogP contribution in [0.4, 0.5) is 0 Å². The first-order valence-corrected chi connectivity index (χ1v) is 9.93. The third-order valence-electron chi connectivity index (χ3n) is 4.19. The van der Waals surface area contributed by atoms with Crippen LogP contribution in [0.3, 0.4) is 0 Å². The fraction of sp³-hybridized carbons (Fsp3) is 0.435. The number of benzene rings is 2. The summed E-state index contributed by atoms with van der Waals surface area (Å²) in [6.45, 7) is 8.47. The molecule has 0 heterocycles. The van der Waals surface area contributed by atoms with Crippen LogP contribution in [-0.2, 0) is 17.8 Å². The number of aliphatic imine (C=N–C) groups is 1. The molecule has 0 aromatic heterocycles. The highest BCUT2D eigenvalue weighted by molar-refractivity contribution is 5.79. The maximum Gasteiger partial charge on any atom is 0.191 e. The Morgan fingerprint density at radius 3 is 2.38 bits per heavy atom. The van der Waals surface area contributed by atoms with Gasteiger partial charge in [0.1, 0.15) is 18.1 Å². The van der Waals surface area contributed by atoms with Crippen LogP contribution in [0.5, 0.6) is 11.5 Å². The summed E-state index contributed by atoms with van der Waals surface area (Å²) in [6, 6.07) is 14.3. The Morgan fingerprint density at radius 2 is 1.72 bits per heavy atom. The second-order valence-electron chi connectivity index (χ2n) is 7.04. The molecule has 6 heteroatoms. The van der Waals surface area contributed by atoms with Crippen molar-refractivity contribution in [1.82, 2.24) is 10.6 Å². The van der Waals surface area contributed by atoms with E-state index in [-0.39, 0.29) is 6.10 Å². The van der Waals surface area contributed by atoms with E-state index >= 15 is 0 Å². The lowest BCUT2D eigenvalue weighted by Crippen LogP contribution is -2.36. The van der Waals surface area contributed by atoms with Crippen molar-refractivity contribution < 1.29 is 14.2 Å². The highest BCUT2D eigenvalue weighted by Crippen LogP contribution is 2.20. The standard InChI is InChI=1S/C23H33N3O3/c1-17(2)29-21-10-7-19(8-11-21)15-25-23(24-4)26-16-20-9-6-18(3)14-22(20)28-13-12-27-5/h6-11,14,17H,12-13,15-16H2,1-5H3,(H2,24,25,26). The lowest BCUT2D eigenvalue weighted by molar-refractivity contribution is 0.145. The minimum atomic E-state index is 0.173. The van der Waals surface area contributed by atoms with Gasteiger partial charge in [0.2, 0.25) is 0 Å². The van der Waals surface area contributed by atoms with Crippen molar-refractivity contribution in [2.24, 2.45) is 4.99 Å². The van der Waals surface area contributed by atoms with E-state index < -0.39 is 0 Å². The minimum absolute atomic E-state index is 0.173. The van der Waals surface area contributed by atoms with E-state index in [9.17, 15) is 0 Å². The van der Waals surface area contributed by atoms with E-state index in [1.54, 1.807) is 14.2 Å². The maximum atomic E-state index is 5.86. The summed E-state index contributed by atoms with van der Waals surface area (Å²) in [4.78, 5) is 4.31. The molecule has 0 aliphatic heterocycles. The first kappa shape index (κ1) is 22.6. The van der Waals surface area contributed by atoms with Crippen molar-refractivity contribution in [2.75, 3.05) is 27.4 Å². The molecule has 29 heavy (non-hydrogen) atoms. The van der Waals surface area contributed by atoms with Gasteiger partial charge in [0.15, 0.2) is 5.96 Å². The van der Waals surface area contributed by atoms with Crippen LogP contribution in [0.2, 0.25) is 0 Å². The SMILES string of the molecule is CN=C(NCc1ccc(OC(C)C)cc1)NCc1ccc(C)cc1OCCOC. The lowest BCUT2D eigenvalue weighted by atomic mass is 10.1. The van der Waals surface area contributed by atoms with Crippen LogP contribution in [0.15, 0.2) is 47.5 Å². The highest BCUT2D eigenvalue weighted by atomic mass is 16.5. The number of hydrogen-bond donors (Lipinski definition) is 2. The number of guanidine groups is 1. The van der Waals surface area contributed by atoms with Crippen LogP contribution < -0.4 is 20.1 Å². The Balaban J connectivity index is 1.89. The zero-order valence-electron chi connectivity index (χ0n) is 18.1. The van der Waals surface area contributed by atoms with Crippen molar-refractivity contribution in [3.8, 4) is 11.5 Å². The topological polar surface area (TPSA) is 64.1 Å². The van der Waals surface area contributed by atoms with E-state index in [1.807, 2.05) is 32.0 Å². The average molecular weight is 400 g/mol. The molecule has 2 aromatic carbocycles. The Labute approximate surface area is 174 Å². The normalized spacial score (nSPS) is 11.4.